The van der Waals surface area contributed by atoms with Gasteiger partial charge in [-0.15, -0.1) is 0 Å². The topological polar surface area (TPSA) is 81.2 Å². The highest BCUT2D eigenvalue weighted by molar-refractivity contribution is 8.14. The molecule has 3 aliphatic heterocycles. The summed E-state index contributed by atoms with van der Waals surface area (Å²) in [7, 11) is 0. The van der Waals surface area contributed by atoms with Crippen molar-refractivity contribution >= 4 is 28.5 Å². The summed E-state index contributed by atoms with van der Waals surface area (Å²) in [6.07, 6.45) is 8.13. The second-order valence-electron chi connectivity index (χ2n) is 9.64. The fraction of sp³-hybridized carbons (Fsp3) is 0.429. The number of para-hydroxylation sites is 1. The molecule has 1 amide bonds. The van der Waals surface area contributed by atoms with Gasteiger partial charge in [-0.3, -0.25) is 10.2 Å². The van der Waals surface area contributed by atoms with E-state index in [9.17, 15) is 4.79 Å². The van der Waals surface area contributed by atoms with E-state index in [-0.39, 0.29) is 24.2 Å². The number of amides is 1. The number of nitrogens with one attached hydrogen (secondary N) is 3. The van der Waals surface area contributed by atoms with Crippen molar-refractivity contribution in [3.8, 4) is 5.75 Å². The molecule has 2 aromatic rings. The Bertz CT molecular complexity index is 1170. The lowest BCUT2D eigenvalue weighted by molar-refractivity contribution is -0.113. The minimum atomic E-state index is -0.0208. The fourth-order valence-electron chi connectivity index (χ4n) is 5.01. The quantitative estimate of drug-likeness (QED) is 0.413. The highest BCUT2D eigenvalue weighted by Gasteiger charge is 2.44. The fourth-order valence-corrected chi connectivity index (χ4v) is 5.78. The summed E-state index contributed by atoms with van der Waals surface area (Å²) in [5.41, 5.74) is 11.3. The van der Waals surface area contributed by atoms with E-state index >= 15 is 0 Å². The second kappa shape index (κ2) is 11.5. The molecular formula is C28H36N6O2S. The number of anilines is 1. The molecule has 0 bridgehead atoms. The van der Waals surface area contributed by atoms with Crippen LogP contribution in [0.15, 0.2) is 60.0 Å². The Morgan fingerprint density at radius 3 is 2.81 bits per heavy atom. The van der Waals surface area contributed by atoms with Gasteiger partial charge in [-0.2, -0.15) is 5.10 Å². The summed E-state index contributed by atoms with van der Waals surface area (Å²) >= 11 is 1.45. The number of carbonyl (C=O) groups is 1. The van der Waals surface area contributed by atoms with Gasteiger partial charge in [0.05, 0.1) is 24.4 Å². The second-order valence-corrected chi connectivity index (χ2v) is 10.6. The summed E-state index contributed by atoms with van der Waals surface area (Å²) in [6, 6.07) is 15.0. The maximum Gasteiger partial charge on any atom is 0.234 e. The molecule has 8 nitrogen and oxygen atoms in total. The number of amidine groups is 1. The van der Waals surface area contributed by atoms with Crippen molar-refractivity contribution in [2.45, 2.75) is 64.7 Å². The monoisotopic (exact) mass is 520 g/mol. The van der Waals surface area contributed by atoms with Gasteiger partial charge in [0, 0.05) is 18.1 Å². The van der Waals surface area contributed by atoms with Crippen LogP contribution >= 0.6 is 11.8 Å². The van der Waals surface area contributed by atoms with Crippen molar-refractivity contribution in [3.05, 3.63) is 71.6 Å². The average molecular weight is 521 g/mol. The van der Waals surface area contributed by atoms with E-state index in [0.717, 1.165) is 60.0 Å². The molecule has 37 heavy (non-hydrogen) atoms. The number of benzene rings is 2. The zero-order chi connectivity index (χ0) is 25.8. The first-order valence-corrected chi connectivity index (χ1v) is 14.1. The highest BCUT2D eigenvalue weighted by Crippen LogP contribution is 2.35. The zero-order valence-corrected chi connectivity index (χ0v) is 22.6. The molecule has 1 saturated heterocycles. The van der Waals surface area contributed by atoms with Gasteiger partial charge in [0.25, 0.3) is 0 Å². The molecule has 3 heterocycles. The molecule has 0 aliphatic carbocycles. The Kier molecular flexibility index (Phi) is 7.90. The Hall–Kier alpha value is -3.17. The van der Waals surface area contributed by atoms with Gasteiger partial charge in [0.15, 0.2) is 5.17 Å². The highest BCUT2D eigenvalue weighted by atomic mass is 32.2. The van der Waals surface area contributed by atoms with E-state index in [4.69, 9.17) is 4.74 Å². The zero-order valence-electron chi connectivity index (χ0n) is 21.7. The number of unbranched alkanes of at least 4 members (excludes halogenated alkanes) is 1. The average Bonchev–Trinajstić information content (AvgIpc) is 3.53. The SMILES string of the molecule is CCCCOc1ccc(C2CC3C4NN=C(SCC(=O)Nc5c(C)cccc5CC)N4C=CN3N2)cc1. The lowest BCUT2D eigenvalue weighted by Crippen LogP contribution is -2.54. The summed E-state index contributed by atoms with van der Waals surface area (Å²) in [4.78, 5) is 14.9. The number of ether oxygens (including phenoxy) is 1. The number of nitrogens with zero attached hydrogens (tertiary/aromatic N) is 3. The van der Waals surface area contributed by atoms with Gasteiger partial charge in [-0.25, -0.2) is 5.43 Å². The van der Waals surface area contributed by atoms with Crippen molar-refractivity contribution in [3.63, 3.8) is 0 Å². The van der Waals surface area contributed by atoms with E-state index in [1.165, 1.54) is 17.3 Å². The van der Waals surface area contributed by atoms with Crippen molar-refractivity contribution in [1.29, 1.82) is 0 Å². The van der Waals surface area contributed by atoms with Crippen molar-refractivity contribution in [2.24, 2.45) is 5.10 Å². The lowest BCUT2D eigenvalue weighted by Gasteiger charge is -2.36. The molecule has 3 unspecified atom stereocenters. The van der Waals surface area contributed by atoms with Gasteiger partial charge in [-0.05, 0) is 55.0 Å². The van der Waals surface area contributed by atoms with Crippen LogP contribution in [0.5, 0.6) is 5.75 Å². The van der Waals surface area contributed by atoms with Crippen LogP contribution in [0.2, 0.25) is 0 Å². The number of hydrazine groups is 1. The Labute approximate surface area is 223 Å². The number of thioether (sulfide) groups is 1. The third-order valence-corrected chi connectivity index (χ3v) is 8.06. The van der Waals surface area contributed by atoms with E-state index in [0.29, 0.717) is 5.75 Å². The number of hydrogen-bond donors (Lipinski definition) is 3. The van der Waals surface area contributed by atoms with Gasteiger partial charge in [-0.1, -0.05) is 62.4 Å². The molecule has 3 N–H and O–H groups in total. The molecule has 3 atom stereocenters. The molecule has 3 aliphatic rings. The molecule has 0 radical (unpaired) electrons. The van der Waals surface area contributed by atoms with Crippen LogP contribution in [0.25, 0.3) is 0 Å². The van der Waals surface area contributed by atoms with Crippen LogP contribution in [-0.4, -0.2) is 45.6 Å². The van der Waals surface area contributed by atoms with Gasteiger partial charge < -0.3 is 20.0 Å². The minimum Gasteiger partial charge on any atom is -0.494 e. The van der Waals surface area contributed by atoms with Crippen LogP contribution in [0.4, 0.5) is 5.69 Å². The van der Waals surface area contributed by atoms with Gasteiger partial charge >= 0.3 is 0 Å². The first-order valence-electron chi connectivity index (χ1n) is 13.2. The number of hydrazone groups is 1. The van der Waals surface area contributed by atoms with Crippen LogP contribution in [0.3, 0.4) is 0 Å². The van der Waals surface area contributed by atoms with Crippen molar-refractivity contribution < 1.29 is 9.53 Å². The van der Waals surface area contributed by atoms with Crippen LogP contribution < -0.4 is 20.9 Å². The first-order chi connectivity index (χ1) is 18.1. The maximum atomic E-state index is 12.8. The molecular weight excluding hydrogens is 484 g/mol. The van der Waals surface area contributed by atoms with Gasteiger partial charge in [0.1, 0.15) is 11.9 Å². The predicted molar refractivity (Wildman–Crippen MR) is 150 cm³/mol. The number of rotatable bonds is 9. The third kappa shape index (κ3) is 5.57. The van der Waals surface area contributed by atoms with E-state index in [2.05, 4.69) is 81.6 Å². The largest absolute Gasteiger partial charge is 0.494 e. The van der Waals surface area contributed by atoms with Crippen LogP contribution in [0, 0.1) is 6.92 Å². The van der Waals surface area contributed by atoms with Gasteiger partial charge in [0.2, 0.25) is 5.91 Å². The first kappa shape index (κ1) is 25.5. The molecule has 0 aromatic heterocycles. The summed E-state index contributed by atoms with van der Waals surface area (Å²) in [6.45, 7) is 7.06. The number of carbonyl (C=O) groups excluding carboxylic acids is 1. The molecule has 2 aromatic carbocycles. The van der Waals surface area contributed by atoms with E-state index in [1.54, 1.807) is 0 Å². The molecule has 1 fully saturated rings. The Morgan fingerprint density at radius 1 is 1.19 bits per heavy atom. The normalized spacial score (nSPS) is 21.8. The lowest BCUT2D eigenvalue weighted by atomic mass is 10.00. The van der Waals surface area contributed by atoms with Crippen molar-refractivity contribution in [2.75, 3.05) is 17.7 Å². The minimum absolute atomic E-state index is 0.0208. The van der Waals surface area contributed by atoms with E-state index in [1.807, 2.05) is 25.3 Å². The molecule has 5 rings (SSSR count). The summed E-state index contributed by atoms with van der Waals surface area (Å²) in [5, 5.41) is 10.7. The van der Waals surface area contributed by atoms with Crippen LogP contribution in [-0.2, 0) is 11.2 Å². The number of aryl methyl sites for hydroxylation is 2. The van der Waals surface area contributed by atoms with Crippen molar-refractivity contribution in [1.82, 2.24) is 20.8 Å². The van der Waals surface area contributed by atoms with Crippen LogP contribution in [0.1, 0.15) is 55.8 Å². The molecule has 9 heteroatoms. The smallest absolute Gasteiger partial charge is 0.234 e. The third-order valence-electron chi connectivity index (χ3n) is 7.09. The molecule has 0 spiro atoms. The summed E-state index contributed by atoms with van der Waals surface area (Å²) in [5.74, 6) is 1.20. The number of hydrogen-bond acceptors (Lipinski definition) is 8. The Morgan fingerprint density at radius 2 is 2.03 bits per heavy atom. The summed E-state index contributed by atoms with van der Waals surface area (Å²) < 4.78 is 5.81. The maximum absolute atomic E-state index is 12.8. The predicted octanol–water partition coefficient (Wildman–Crippen LogP) is 4.72. The number of fused-ring (bicyclic) bond motifs is 3. The molecule has 0 saturated carbocycles. The standard InChI is InChI=1S/C28H36N6O2S/c1-4-6-16-36-22-12-10-21(11-13-22)23-17-24-27-30-31-28(33(27)14-15-34(24)32-23)37-18-25(35)29-26-19(3)8-7-9-20(26)5-2/h7-15,23-24,27,30,32H,4-6,16-18H2,1-3H3,(H,29,35). The van der Waals surface area contributed by atoms with E-state index < -0.39 is 0 Å². The molecule has 196 valence electrons. The Balaban J connectivity index is 1.15.